The fourth-order valence-electron chi connectivity index (χ4n) is 4.71. The molecular weight excluding hydrogens is 352 g/mol. The maximum absolute atomic E-state index is 13.4. The number of hydrogen-bond acceptors (Lipinski definition) is 1. The van der Waals surface area contributed by atoms with Crippen LogP contribution in [-0.2, 0) is 4.79 Å². The molecule has 0 atom stereocenters. The highest BCUT2D eigenvalue weighted by Gasteiger charge is 2.42. The van der Waals surface area contributed by atoms with E-state index in [2.05, 4.69) is 55.4 Å². The lowest BCUT2D eigenvalue weighted by atomic mass is 9.59. The molecule has 0 aliphatic heterocycles. The van der Waals surface area contributed by atoms with Crippen molar-refractivity contribution in [2.75, 3.05) is 0 Å². The Labute approximate surface area is 182 Å². The van der Waals surface area contributed by atoms with Gasteiger partial charge in [-0.3, -0.25) is 4.79 Å². The molecule has 0 saturated carbocycles. The predicted octanol–water partition coefficient (Wildman–Crippen LogP) is 8.71. The quantitative estimate of drug-likeness (QED) is 0.339. The third-order valence-electron chi connectivity index (χ3n) is 6.90. The molecule has 1 nitrogen and oxygen atoms in total. The highest BCUT2D eigenvalue weighted by atomic mass is 16.1. The zero-order valence-corrected chi connectivity index (χ0v) is 21.2. The number of carbonyl (C=O) groups is 1. The first kappa shape index (κ1) is 25.9. The van der Waals surface area contributed by atoms with Crippen molar-refractivity contribution in [2.45, 2.75) is 108 Å². The van der Waals surface area contributed by atoms with Crippen molar-refractivity contribution in [2.24, 2.45) is 29.1 Å². The molecule has 0 saturated heterocycles. The zero-order chi connectivity index (χ0) is 22.5. The summed E-state index contributed by atoms with van der Waals surface area (Å²) in [5.74, 6) is 2.30. The van der Waals surface area contributed by atoms with Gasteiger partial charge in [-0.2, -0.15) is 0 Å². The van der Waals surface area contributed by atoms with E-state index in [0.717, 1.165) is 31.3 Å². The smallest absolute Gasteiger partial charge is 0.165 e. The second kappa shape index (κ2) is 10.8. The van der Waals surface area contributed by atoms with Crippen molar-refractivity contribution in [3.63, 3.8) is 0 Å². The van der Waals surface area contributed by atoms with Crippen molar-refractivity contribution in [1.82, 2.24) is 0 Å². The number of hydrogen-bond donors (Lipinski definition) is 0. The van der Waals surface area contributed by atoms with E-state index in [1.807, 2.05) is 13.8 Å². The number of ketones is 1. The normalized spacial score (nSPS) is 17.5. The monoisotopic (exact) mass is 400 g/mol. The minimum atomic E-state index is -0.0553. The topological polar surface area (TPSA) is 17.1 Å². The third kappa shape index (κ3) is 6.19. The van der Waals surface area contributed by atoms with E-state index in [1.54, 1.807) is 0 Å². The predicted molar refractivity (Wildman–Crippen MR) is 129 cm³/mol. The van der Waals surface area contributed by atoms with Crippen LogP contribution in [-0.4, -0.2) is 5.78 Å². The van der Waals surface area contributed by atoms with E-state index in [-0.39, 0.29) is 11.3 Å². The molecule has 29 heavy (non-hydrogen) atoms. The van der Waals surface area contributed by atoms with Crippen LogP contribution in [0.3, 0.4) is 0 Å². The second-order valence-electron chi connectivity index (χ2n) is 11.0. The molecule has 0 aromatic heterocycles. The minimum absolute atomic E-state index is 0.0283. The number of Topliss-reactive ketones (excluding diaryl/α,β-unsaturated/α-hetero) is 1. The van der Waals surface area contributed by atoms with Crippen LogP contribution in [0.5, 0.6) is 0 Å². The number of carbonyl (C=O) groups excluding carboxylic acids is 1. The van der Waals surface area contributed by atoms with Gasteiger partial charge in [-0.05, 0) is 86.8 Å². The largest absolute Gasteiger partial charge is 0.294 e. The van der Waals surface area contributed by atoms with Crippen molar-refractivity contribution in [3.05, 3.63) is 34.4 Å². The molecule has 0 bridgehead atoms. The van der Waals surface area contributed by atoms with Crippen LogP contribution in [0, 0.1) is 29.1 Å². The molecular formula is C28H48O. The Bertz CT molecular complexity index is 640. The maximum Gasteiger partial charge on any atom is 0.165 e. The number of rotatable bonds is 11. The van der Waals surface area contributed by atoms with Crippen molar-refractivity contribution in [3.8, 4) is 0 Å². The molecule has 1 rings (SSSR count). The molecule has 1 heteroatoms. The molecule has 0 amide bonds. The van der Waals surface area contributed by atoms with Crippen LogP contribution in [0.4, 0.5) is 0 Å². The summed E-state index contributed by atoms with van der Waals surface area (Å²) in [5.41, 5.74) is 6.17. The number of allylic oxidation sites excluding steroid dienone is 5. The average Bonchev–Trinajstić information content (AvgIpc) is 2.60. The Hall–Kier alpha value is -1.11. The molecule has 0 fully saturated rings. The van der Waals surface area contributed by atoms with Crippen molar-refractivity contribution >= 4 is 5.78 Å². The molecule has 0 N–H and O–H groups in total. The molecule has 1 aliphatic rings. The van der Waals surface area contributed by atoms with E-state index < -0.39 is 0 Å². The van der Waals surface area contributed by atoms with Crippen molar-refractivity contribution < 1.29 is 4.79 Å². The Morgan fingerprint density at radius 2 is 1.28 bits per heavy atom. The summed E-state index contributed by atoms with van der Waals surface area (Å²) in [6, 6.07) is 0. The average molecular weight is 401 g/mol. The van der Waals surface area contributed by atoms with E-state index in [1.165, 1.54) is 35.1 Å². The molecule has 166 valence electrons. The second-order valence-corrected chi connectivity index (χ2v) is 11.0. The van der Waals surface area contributed by atoms with Gasteiger partial charge in [0.05, 0.1) is 0 Å². The van der Waals surface area contributed by atoms with Gasteiger partial charge in [0.1, 0.15) is 0 Å². The highest BCUT2D eigenvalue weighted by Crippen LogP contribution is 2.54. The SMILES string of the molecule is C=C1C(CCC(C)C)=C(C)C(C(=O)C(C)C)=C(C)C1(CCC(C)C)CCC(C)C. The van der Waals surface area contributed by atoms with Crippen LogP contribution in [0.15, 0.2) is 34.4 Å². The van der Waals surface area contributed by atoms with E-state index >= 15 is 0 Å². The van der Waals surface area contributed by atoms with Gasteiger partial charge in [0, 0.05) is 16.9 Å². The van der Waals surface area contributed by atoms with Gasteiger partial charge >= 0.3 is 0 Å². The Morgan fingerprint density at radius 1 is 0.828 bits per heavy atom. The van der Waals surface area contributed by atoms with Gasteiger partial charge in [-0.1, -0.05) is 67.5 Å². The summed E-state index contributed by atoms with van der Waals surface area (Å²) < 4.78 is 0. The Balaban J connectivity index is 3.65. The zero-order valence-electron chi connectivity index (χ0n) is 21.2. The lowest BCUT2D eigenvalue weighted by Gasteiger charge is -2.45. The van der Waals surface area contributed by atoms with Gasteiger partial charge < -0.3 is 0 Å². The lowest BCUT2D eigenvalue weighted by molar-refractivity contribution is -0.118. The summed E-state index contributed by atoms with van der Waals surface area (Å²) >= 11 is 0. The molecule has 0 heterocycles. The van der Waals surface area contributed by atoms with Crippen LogP contribution in [0.1, 0.15) is 108 Å². The van der Waals surface area contributed by atoms with Gasteiger partial charge in [0.25, 0.3) is 0 Å². The standard InChI is InChI=1S/C28H48O/c1-18(2)12-13-25-22(9)26(27(29)21(7)8)24(11)28(23(25)10,16-14-19(3)4)17-15-20(5)6/h18-21H,10,12-17H2,1-9,11H3. The summed E-state index contributed by atoms with van der Waals surface area (Å²) in [6.07, 6.45) is 6.75. The van der Waals surface area contributed by atoms with Gasteiger partial charge in [0.15, 0.2) is 5.78 Å². The van der Waals surface area contributed by atoms with Crippen LogP contribution in [0.25, 0.3) is 0 Å². The molecule has 0 aromatic rings. The van der Waals surface area contributed by atoms with E-state index in [0.29, 0.717) is 23.5 Å². The van der Waals surface area contributed by atoms with E-state index in [4.69, 9.17) is 6.58 Å². The molecule has 0 aromatic carbocycles. The molecule has 0 spiro atoms. The van der Waals surface area contributed by atoms with Gasteiger partial charge in [0.2, 0.25) is 0 Å². The Morgan fingerprint density at radius 3 is 1.66 bits per heavy atom. The highest BCUT2D eigenvalue weighted by molar-refractivity contribution is 6.02. The molecule has 0 unspecified atom stereocenters. The summed E-state index contributed by atoms with van der Waals surface area (Å²) in [6.45, 7) is 27.0. The van der Waals surface area contributed by atoms with Crippen molar-refractivity contribution in [1.29, 1.82) is 0 Å². The fourth-order valence-corrected chi connectivity index (χ4v) is 4.71. The first-order valence-corrected chi connectivity index (χ1v) is 12.0. The maximum atomic E-state index is 13.4. The summed E-state index contributed by atoms with van der Waals surface area (Å²) in [7, 11) is 0. The molecule has 0 radical (unpaired) electrons. The van der Waals surface area contributed by atoms with E-state index in [9.17, 15) is 4.79 Å². The minimum Gasteiger partial charge on any atom is -0.294 e. The summed E-state index contributed by atoms with van der Waals surface area (Å²) in [4.78, 5) is 13.4. The first-order valence-electron chi connectivity index (χ1n) is 12.0. The van der Waals surface area contributed by atoms with Gasteiger partial charge in [-0.25, -0.2) is 0 Å². The fraction of sp³-hybridized carbons (Fsp3) is 0.750. The summed E-state index contributed by atoms with van der Waals surface area (Å²) in [5, 5.41) is 0. The van der Waals surface area contributed by atoms with Crippen LogP contribution >= 0.6 is 0 Å². The molecule has 1 aliphatic carbocycles. The Kier molecular flexibility index (Phi) is 9.64. The first-order chi connectivity index (χ1) is 13.3. The lowest BCUT2D eigenvalue weighted by Crippen LogP contribution is -2.34. The third-order valence-corrected chi connectivity index (χ3v) is 6.90. The van der Waals surface area contributed by atoms with Gasteiger partial charge in [-0.15, -0.1) is 0 Å². The van der Waals surface area contributed by atoms with Crippen LogP contribution < -0.4 is 0 Å². The van der Waals surface area contributed by atoms with Crippen LogP contribution in [0.2, 0.25) is 0 Å².